The molecule has 6 nitrogen and oxygen atoms in total. The lowest BCUT2D eigenvalue weighted by molar-refractivity contribution is -0.122. The summed E-state index contributed by atoms with van der Waals surface area (Å²) < 4.78 is 4.99. The molecule has 2 aromatic rings. The molecule has 1 fully saturated rings. The van der Waals surface area contributed by atoms with Crippen LogP contribution in [0.4, 0.5) is 5.69 Å². The molecule has 0 aliphatic carbocycles. The van der Waals surface area contributed by atoms with Crippen LogP contribution in [0.3, 0.4) is 0 Å². The highest BCUT2D eigenvalue weighted by Crippen LogP contribution is 2.28. The first kappa shape index (κ1) is 17.6. The molecule has 2 amide bonds. The number of phenols is 1. The molecule has 0 atom stereocenters. The highest BCUT2D eigenvalue weighted by Gasteiger charge is 2.34. The fourth-order valence-corrected chi connectivity index (χ4v) is 2.83. The van der Waals surface area contributed by atoms with Crippen molar-refractivity contribution in [2.24, 2.45) is 0 Å². The van der Waals surface area contributed by atoms with E-state index in [0.717, 1.165) is 5.56 Å². The molecule has 1 aliphatic rings. The number of carbonyl (C=O) groups excluding carboxylic acids is 2. The Hall–Kier alpha value is -3.19. The third-order valence-electron chi connectivity index (χ3n) is 3.91. The highest BCUT2D eigenvalue weighted by molar-refractivity contribution is 7.80. The minimum Gasteiger partial charge on any atom is -0.504 e. The first-order valence-electron chi connectivity index (χ1n) is 7.76. The smallest absolute Gasteiger partial charge is 0.270 e. The Labute approximate surface area is 155 Å². The maximum absolute atomic E-state index is 12.9. The van der Waals surface area contributed by atoms with Crippen LogP contribution in [0.5, 0.6) is 11.5 Å². The van der Waals surface area contributed by atoms with Crippen LogP contribution < -0.4 is 15.0 Å². The third-order valence-corrected chi connectivity index (χ3v) is 4.19. The second-order valence-electron chi connectivity index (χ2n) is 5.72. The lowest BCUT2D eigenvalue weighted by Crippen LogP contribution is -2.54. The number of nitrogens with one attached hydrogen (secondary N) is 1. The zero-order chi connectivity index (χ0) is 18.8. The van der Waals surface area contributed by atoms with Gasteiger partial charge in [0.15, 0.2) is 16.6 Å². The van der Waals surface area contributed by atoms with Gasteiger partial charge < -0.3 is 9.84 Å². The molecule has 7 heteroatoms. The van der Waals surface area contributed by atoms with E-state index < -0.39 is 11.8 Å². The van der Waals surface area contributed by atoms with Gasteiger partial charge in [0, 0.05) is 0 Å². The average Bonchev–Trinajstić information content (AvgIpc) is 2.60. The standard InChI is InChI=1S/C19H16N2O4S/c1-11-3-6-13(7-4-11)21-18(24)14(17(23)20-19(21)26)9-12-5-8-16(25-2)15(22)10-12/h3-10,22H,1-2H3,(H,20,23,26). The lowest BCUT2D eigenvalue weighted by atomic mass is 10.1. The number of aromatic hydroxyl groups is 1. The van der Waals surface area contributed by atoms with Crippen molar-refractivity contribution >= 4 is 40.9 Å². The zero-order valence-corrected chi connectivity index (χ0v) is 15.0. The van der Waals surface area contributed by atoms with Crippen molar-refractivity contribution in [3.63, 3.8) is 0 Å². The number of nitrogens with zero attached hydrogens (tertiary/aromatic N) is 1. The van der Waals surface area contributed by atoms with Crippen LogP contribution in [0.2, 0.25) is 0 Å². The number of benzene rings is 2. The predicted molar refractivity (Wildman–Crippen MR) is 102 cm³/mol. The number of hydrogen-bond donors (Lipinski definition) is 2. The molecule has 1 saturated heterocycles. The fourth-order valence-electron chi connectivity index (χ4n) is 2.55. The summed E-state index contributed by atoms with van der Waals surface area (Å²) in [4.78, 5) is 26.4. The van der Waals surface area contributed by atoms with Crippen LogP contribution in [-0.4, -0.2) is 29.1 Å². The summed E-state index contributed by atoms with van der Waals surface area (Å²) in [6, 6.07) is 11.8. The number of aryl methyl sites for hydroxylation is 1. The van der Waals surface area contributed by atoms with Crippen molar-refractivity contribution in [3.8, 4) is 11.5 Å². The molecule has 1 heterocycles. The van der Waals surface area contributed by atoms with Crippen LogP contribution in [-0.2, 0) is 9.59 Å². The summed E-state index contributed by atoms with van der Waals surface area (Å²) in [7, 11) is 1.44. The van der Waals surface area contributed by atoms with Gasteiger partial charge in [0.2, 0.25) is 0 Å². The van der Waals surface area contributed by atoms with Crippen LogP contribution in [0.1, 0.15) is 11.1 Å². The van der Waals surface area contributed by atoms with Gasteiger partial charge in [0.05, 0.1) is 12.8 Å². The normalized spacial score (nSPS) is 16.0. The number of carbonyl (C=O) groups is 2. The molecule has 132 valence electrons. The lowest BCUT2D eigenvalue weighted by Gasteiger charge is -2.29. The van der Waals surface area contributed by atoms with Crippen LogP contribution >= 0.6 is 12.2 Å². The number of anilines is 1. The second-order valence-corrected chi connectivity index (χ2v) is 6.11. The molecule has 0 unspecified atom stereocenters. The topological polar surface area (TPSA) is 78.9 Å². The molecule has 2 N–H and O–H groups in total. The fraction of sp³-hybridized carbons (Fsp3) is 0.105. The monoisotopic (exact) mass is 368 g/mol. The van der Waals surface area contributed by atoms with E-state index in [1.807, 2.05) is 19.1 Å². The van der Waals surface area contributed by atoms with Crippen molar-refractivity contribution in [2.75, 3.05) is 12.0 Å². The number of ether oxygens (including phenoxy) is 1. The van der Waals surface area contributed by atoms with Crippen molar-refractivity contribution in [1.82, 2.24) is 5.32 Å². The molecular weight excluding hydrogens is 352 g/mol. The number of phenolic OH excluding ortho intramolecular Hbond substituents is 1. The zero-order valence-electron chi connectivity index (χ0n) is 14.1. The van der Waals surface area contributed by atoms with Gasteiger partial charge in [-0.1, -0.05) is 23.8 Å². The Balaban J connectivity index is 1.99. The van der Waals surface area contributed by atoms with E-state index >= 15 is 0 Å². The van der Waals surface area contributed by atoms with Gasteiger partial charge in [0.25, 0.3) is 11.8 Å². The first-order valence-corrected chi connectivity index (χ1v) is 8.16. The molecule has 3 rings (SSSR count). The maximum atomic E-state index is 12.9. The minimum atomic E-state index is -0.585. The Morgan fingerprint density at radius 1 is 1.15 bits per heavy atom. The van der Waals surface area contributed by atoms with Gasteiger partial charge in [-0.05, 0) is 55.0 Å². The Morgan fingerprint density at radius 2 is 1.85 bits per heavy atom. The van der Waals surface area contributed by atoms with E-state index in [1.54, 1.807) is 24.3 Å². The van der Waals surface area contributed by atoms with E-state index in [-0.39, 0.29) is 16.4 Å². The van der Waals surface area contributed by atoms with Gasteiger partial charge in [0.1, 0.15) is 5.57 Å². The van der Waals surface area contributed by atoms with Crippen LogP contribution in [0.15, 0.2) is 48.0 Å². The van der Waals surface area contributed by atoms with E-state index in [9.17, 15) is 14.7 Å². The minimum absolute atomic E-state index is 0.0265. The van der Waals surface area contributed by atoms with Crippen LogP contribution in [0, 0.1) is 6.92 Å². The number of thiocarbonyl (C=S) groups is 1. The van der Waals surface area contributed by atoms with Crippen LogP contribution in [0.25, 0.3) is 6.08 Å². The highest BCUT2D eigenvalue weighted by atomic mass is 32.1. The summed E-state index contributed by atoms with van der Waals surface area (Å²) in [6.45, 7) is 1.93. The first-order chi connectivity index (χ1) is 12.4. The summed E-state index contributed by atoms with van der Waals surface area (Å²) in [5, 5.41) is 12.4. The molecule has 0 bridgehead atoms. The summed E-state index contributed by atoms with van der Waals surface area (Å²) in [5.74, 6) is -0.901. The number of hydrogen-bond acceptors (Lipinski definition) is 5. The van der Waals surface area contributed by atoms with Crippen molar-refractivity contribution < 1.29 is 19.4 Å². The van der Waals surface area contributed by atoms with Crippen molar-refractivity contribution in [2.45, 2.75) is 6.92 Å². The number of methoxy groups -OCH3 is 1. The van der Waals surface area contributed by atoms with E-state index in [1.165, 1.54) is 24.2 Å². The van der Waals surface area contributed by atoms with Crippen molar-refractivity contribution in [3.05, 3.63) is 59.2 Å². The predicted octanol–water partition coefficient (Wildman–Crippen LogP) is 2.54. The molecule has 1 aliphatic heterocycles. The van der Waals surface area contributed by atoms with Crippen molar-refractivity contribution in [1.29, 1.82) is 0 Å². The van der Waals surface area contributed by atoms with Gasteiger partial charge in [-0.15, -0.1) is 0 Å². The largest absolute Gasteiger partial charge is 0.504 e. The van der Waals surface area contributed by atoms with E-state index in [4.69, 9.17) is 17.0 Å². The van der Waals surface area contributed by atoms with Gasteiger partial charge in [-0.3, -0.25) is 19.8 Å². The molecule has 0 spiro atoms. The van der Waals surface area contributed by atoms with E-state index in [2.05, 4.69) is 5.32 Å². The Bertz CT molecular complexity index is 935. The maximum Gasteiger partial charge on any atom is 0.270 e. The Morgan fingerprint density at radius 3 is 2.46 bits per heavy atom. The van der Waals surface area contributed by atoms with Gasteiger partial charge in [-0.2, -0.15) is 0 Å². The van der Waals surface area contributed by atoms with Gasteiger partial charge >= 0.3 is 0 Å². The van der Waals surface area contributed by atoms with Gasteiger partial charge in [-0.25, -0.2) is 0 Å². The SMILES string of the molecule is COc1ccc(C=C2C(=O)NC(=S)N(c3ccc(C)cc3)C2=O)cc1O. The molecule has 0 aromatic heterocycles. The third kappa shape index (κ3) is 3.29. The Kier molecular flexibility index (Phi) is 4.73. The summed E-state index contributed by atoms with van der Waals surface area (Å²) >= 11 is 5.16. The number of rotatable bonds is 3. The average molecular weight is 368 g/mol. The van der Waals surface area contributed by atoms with E-state index in [0.29, 0.717) is 17.0 Å². The molecule has 0 radical (unpaired) electrons. The molecule has 0 saturated carbocycles. The second kappa shape index (κ2) is 6.97. The summed E-state index contributed by atoms with van der Waals surface area (Å²) in [5.41, 5.74) is 2.01. The summed E-state index contributed by atoms with van der Waals surface area (Å²) in [6.07, 6.45) is 1.40. The molecule has 2 aromatic carbocycles. The quantitative estimate of drug-likeness (QED) is 0.495. The number of amides is 2. The molecular formula is C19H16N2O4S. The molecule has 26 heavy (non-hydrogen) atoms.